The van der Waals surface area contributed by atoms with Gasteiger partial charge in [0.15, 0.2) is 34.3 Å². The zero-order chi connectivity index (χ0) is 16.9. The number of phenols is 5. The quantitative estimate of drug-likeness (QED) is 0.293. The summed E-state index contributed by atoms with van der Waals surface area (Å²) in [5.41, 5.74) is -1.52. The number of fused-ring (bicyclic) bond motifs is 1. The molecule has 8 nitrogen and oxygen atoms in total. The van der Waals surface area contributed by atoms with E-state index in [0.29, 0.717) is 0 Å². The summed E-state index contributed by atoms with van der Waals surface area (Å²) in [7, 11) is 0. The summed E-state index contributed by atoms with van der Waals surface area (Å²) >= 11 is 0. The van der Waals surface area contributed by atoms with E-state index in [1.807, 2.05) is 0 Å². The number of hydrogen-bond acceptors (Lipinski definition) is 8. The first kappa shape index (κ1) is 14.4. The molecule has 0 saturated heterocycles. The lowest BCUT2D eigenvalue weighted by atomic mass is 10.1. The molecule has 0 unspecified atom stereocenters. The molecule has 0 radical (unpaired) electrons. The molecular weight excluding hydrogens is 308 g/mol. The van der Waals surface area contributed by atoms with E-state index in [9.17, 15) is 35.4 Å². The average Bonchev–Trinajstić information content (AvgIpc) is 2.51. The monoisotopic (exact) mass is 318 g/mol. The average molecular weight is 318 g/mol. The minimum absolute atomic E-state index is 0.128. The predicted molar refractivity (Wildman–Crippen MR) is 77.9 cm³/mol. The topological polar surface area (TPSA) is 152 Å². The molecule has 6 N–H and O–H groups in total. The summed E-state index contributed by atoms with van der Waals surface area (Å²) in [6, 6.07) is 4.04. The van der Waals surface area contributed by atoms with Crippen LogP contribution in [0.4, 0.5) is 0 Å². The van der Waals surface area contributed by atoms with Gasteiger partial charge in [-0.3, -0.25) is 4.79 Å². The van der Waals surface area contributed by atoms with Crippen LogP contribution >= 0.6 is 0 Å². The van der Waals surface area contributed by atoms with E-state index in [-0.39, 0.29) is 11.1 Å². The number of rotatable bonds is 1. The zero-order valence-corrected chi connectivity index (χ0v) is 11.3. The fraction of sp³-hybridized carbons (Fsp3) is 0. The van der Waals surface area contributed by atoms with Crippen LogP contribution in [-0.2, 0) is 0 Å². The number of benzene rings is 2. The van der Waals surface area contributed by atoms with Crippen molar-refractivity contribution in [3.63, 3.8) is 0 Å². The van der Waals surface area contributed by atoms with Crippen LogP contribution in [0.1, 0.15) is 0 Å². The Bertz CT molecular complexity index is 980. The number of aromatic hydroxyl groups is 6. The van der Waals surface area contributed by atoms with Crippen LogP contribution in [0.3, 0.4) is 0 Å². The van der Waals surface area contributed by atoms with Gasteiger partial charge in [0.1, 0.15) is 11.1 Å². The fourth-order valence-corrected chi connectivity index (χ4v) is 2.19. The molecule has 0 saturated carbocycles. The molecule has 0 amide bonds. The van der Waals surface area contributed by atoms with Gasteiger partial charge in [0.05, 0.1) is 0 Å². The Morgan fingerprint density at radius 1 is 0.739 bits per heavy atom. The van der Waals surface area contributed by atoms with Gasteiger partial charge < -0.3 is 35.1 Å². The standard InChI is InChI=1S/C15H10O8/c16-6-1-2-7(17)15-10(6)12(21)13(22)14(23-15)5-3-8(18)11(20)9(19)4-5/h1-4,16-20,22H. The maximum Gasteiger partial charge on any atom is 0.238 e. The zero-order valence-electron chi connectivity index (χ0n) is 11.3. The maximum absolute atomic E-state index is 12.2. The second kappa shape index (κ2) is 4.73. The van der Waals surface area contributed by atoms with Gasteiger partial charge in [-0.2, -0.15) is 0 Å². The Morgan fingerprint density at radius 2 is 1.30 bits per heavy atom. The molecule has 0 atom stereocenters. The van der Waals surface area contributed by atoms with E-state index in [4.69, 9.17) is 4.42 Å². The first-order valence-electron chi connectivity index (χ1n) is 6.27. The third kappa shape index (κ3) is 2.04. The van der Waals surface area contributed by atoms with Crippen LogP contribution in [0.15, 0.2) is 33.5 Å². The number of phenolic OH excluding ortho intramolecular Hbond substituents is 5. The van der Waals surface area contributed by atoms with Crippen LogP contribution in [0.25, 0.3) is 22.3 Å². The van der Waals surface area contributed by atoms with Gasteiger partial charge in [0.2, 0.25) is 11.2 Å². The van der Waals surface area contributed by atoms with Gasteiger partial charge in [-0.25, -0.2) is 0 Å². The first-order chi connectivity index (χ1) is 10.8. The molecule has 0 bridgehead atoms. The summed E-state index contributed by atoms with van der Waals surface area (Å²) < 4.78 is 5.26. The van der Waals surface area contributed by atoms with E-state index in [2.05, 4.69) is 0 Å². The molecular formula is C15H10O8. The predicted octanol–water partition coefficient (Wildman–Crippen LogP) is 1.69. The molecule has 3 rings (SSSR count). The summed E-state index contributed by atoms with van der Waals surface area (Å²) in [5, 5.41) is 57.4. The highest BCUT2D eigenvalue weighted by Gasteiger charge is 2.21. The number of hydrogen-bond donors (Lipinski definition) is 6. The molecule has 0 aliphatic carbocycles. The van der Waals surface area contributed by atoms with E-state index < -0.39 is 51.1 Å². The SMILES string of the molecule is O=c1c(O)c(-c2cc(O)c(O)c(O)c2)oc2c(O)ccc(O)c12. The smallest absolute Gasteiger partial charge is 0.238 e. The van der Waals surface area contributed by atoms with Crippen molar-refractivity contribution in [3.05, 3.63) is 34.5 Å². The fourth-order valence-electron chi connectivity index (χ4n) is 2.19. The normalized spacial score (nSPS) is 11.0. The van der Waals surface area contributed by atoms with Crippen LogP contribution in [0.2, 0.25) is 0 Å². The van der Waals surface area contributed by atoms with Crippen molar-refractivity contribution in [2.75, 3.05) is 0 Å². The highest BCUT2D eigenvalue weighted by molar-refractivity contribution is 5.91. The van der Waals surface area contributed by atoms with Gasteiger partial charge in [-0.05, 0) is 24.3 Å². The van der Waals surface area contributed by atoms with Gasteiger partial charge in [-0.15, -0.1) is 0 Å². The Labute approximate surface area is 127 Å². The van der Waals surface area contributed by atoms with E-state index >= 15 is 0 Å². The van der Waals surface area contributed by atoms with Crippen LogP contribution in [-0.4, -0.2) is 30.6 Å². The highest BCUT2D eigenvalue weighted by atomic mass is 16.4. The molecule has 3 aromatic rings. The Morgan fingerprint density at radius 3 is 1.91 bits per heavy atom. The summed E-state index contributed by atoms with van der Waals surface area (Å²) in [5.74, 6) is -4.51. The van der Waals surface area contributed by atoms with Crippen molar-refractivity contribution in [2.45, 2.75) is 0 Å². The molecule has 23 heavy (non-hydrogen) atoms. The highest BCUT2D eigenvalue weighted by Crippen LogP contribution is 2.42. The minimum atomic E-state index is -1.01. The molecule has 1 heterocycles. The summed E-state index contributed by atoms with van der Waals surface area (Å²) in [6.07, 6.45) is 0. The lowest BCUT2D eigenvalue weighted by Gasteiger charge is -2.09. The van der Waals surface area contributed by atoms with Crippen molar-refractivity contribution >= 4 is 11.0 Å². The Balaban J connectivity index is 2.42. The van der Waals surface area contributed by atoms with Crippen molar-refractivity contribution in [3.8, 4) is 45.8 Å². The summed E-state index contributed by atoms with van der Waals surface area (Å²) in [6.45, 7) is 0. The molecule has 8 heteroatoms. The van der Waals surface area contributed by atoms with Crippen molar-refractivity contribution < 1.29 is 35.1 Å². The Hall–Kier alpha value is -3.55. The summed E-state index contributed by atoms with van der Waals surface area (Å²) in [4.78, 5) is 12.2. The molecule has 0 aliphatic heterocycles. The van der Waals surface area contributed by atoms with Crippen molar-refractivity contribution in [2.24, 2.45) is 0 Å². The molecule has 0 spiro atoms. The molecule has 2 aromatic carbocycles. The lowest BCUT2D eigenvalue weighted by molar-refractivity contribution is 0.368. The van der Waals surface area contributed by atoms with Gasteiger partial charge in [-0.1, -0.05) is 0 Å². The molecule has 1 aromatic heterocycles. The third-order valence-corrected chi connectivity index (χ3v) is 3.31. The van der Waals surface area contributed by atoms with Crippen molar-refractivity contribution in [1.82, 2.24) is 0 Å². The largest absolute Gasteiger partial charge is 0.507 e. The van der Waals surface area contributed by atoms with Gasteiger partial charge in [0.25, 0.3) is 0 Å². The van der Waals surface area contributed by atoms with E-state index in [1.54, 1.807) is 0 Å². The lowest BCUT2D eigenvalue weighted by Crippen LogP contribution is -2.03. The van der Waals surface area contributed by atoms with Crippen molar-refractivity contribution in [1.29, 1.82) is 0 Å². The van der Waals surface area contributed by atoms with Crippen LogP contribution < -0.4 is 5.43 Å². The second-order valence-electron chi connectivity index (χ2n) is 4.78. The third-order valence-electron chi connectivity index (χ3n) is 3.31. The van der Waals surface area contributed by atoms with Crippen LogP contribution in [0.5, 0.6) is 34.5 Å². The molecule has 0 fully saturated rings. The second-order valence-corrected chi connectivity index (χ2v) is 4.78. The van der Waals surface area contributed by atoms with Crippen LogP contribution in [0, 0.1) is 0 Å². The minimum Gasteiger partial charge on any atom is -0.507 e. The first-order valence-corrected chi connectivity index (χ1v) is 6.27. The van der Waals surface area contributed by atoms with Gasteiger partial charge >= 0.3 is 0 Å². The van der Waals surface area contributed by atoms with E-state index in [1.165, 1.54) is 0 Å². The molecule has 118 valence electrons. The molecule has 0 aliphatic rings. The van der Waals surface area contributed by atoms with Gasteiger partial charge in [0, 0.05) is 5.56 Å². The van der Waals surface area contributed by atoms with E-state index in [0.717, 1.165) is 24.3 Å². The maximum atomic E-state index is 12.2. The Kier molecular flexibility index (Phi) is 2.96.